The molecule has 1 aromatic carbocycles. The fourth-order valence-corrected chi connectivity index (χ4v) is 4.53. The number of carbonyl (C=O) groups excluding carboxylic acids is 1. The third kappa shape index (κ3) is 3.38. The van der Waals surface area contributed by atoms with E-state index in [1.54, 1.807) is 17.4 Å². The Morgan fingerprint density at radius 1 is 1.24 bits per heavy atom. The van der Waals surface area contributed by atoms with Gasteiger partial charge in [0.05, 0.1) is 19.4 Å². The predicted molar refractivity (Wildman–Crippen MR) is 118 cm³/mol. The molecule has 0 fully saturated rings. The summed E-state index contributed by atoms with van der Waals surface area (Å²) in [6, 6.07) is 9.96. The molecule has 0 bridgehead atoms. The molecule has 29 heavy (non-hydrogen) atoms. The first-order valence-electron chi connectivity index (χ1n) is 9.29. The maximum absolute atomic E-state index is 12.5. The first kappa shape index (κ1) is 19.2. The van der Waals surface area contributed by atoms with Crippen molar-refractivity contribution in [2.75, 3.05) is 13.7 Å². The molecule has 1 aliphatic heterocycles. The Morgan fingerprint density at radius 2 is 2.07 bits per heavy atom. The number of aromatic nitrogens is 1. The van der Waals surface area contributed by atoms with Gasteiger partial charge in [-0.15, -0.1) is 11.3 Å². The smallest absolute Gasteiger partial charge is 0.357 e. The van der Waals surface area contributed by atoms with Crippen LogP contribution in [-0.2, 0) is 11.2 Å². The van der Waals surface area contributed by atoms with Gasteiger partial charge in [0.2, 0.25) is 0 Å². The minimum atomic E-state index is -0.493. The summed E-state index contributed by atoms with van der Waals surface area (Å²) in [4.78, 5) is 18.1. The maximum Gasteiger partial charge on any atom is 0.357 e. The van der Waals surface area contributed by atoms with Crippen LogP contribution in [0.4, 0.5) is 0 Å². The van der Waals surface area contributed by atoms with Crippen LogP contribution in [0.15, 0.2) is 48.9 Å². The number of allylic oxidation sites excluding steroid dienone is 1. The molecule has 0 spiro atoms. The summed E-state index contributed by atoms with van der Waals surface area (Å²) in [7, 11) is 1.35. The number of rotatable bonds is 4. The van der Waals surface area contributed by atoms with Crippen molar-refractivity contribution in [3.05, 3.63) is 71.4 Å². The predicted octanol–water partition coefficient (Wildman–Crippen LogP) is 5.87. The highest BCUT2D eigenvalue weighted by Crippen LogP contribution is 2.44. The lowest BCUT2D eigenvalue weighted by Gasteiger charge is -2.17. The summed E-state index contributed by atoms with van der Waals surface area (Å²) in [6.45, 7) is 10.5. The van der Waals surface area contributed by atoms with Gasteiger partial charge < -0.3 is 9.47 Å². The average molecular weight is 404 g/mol. The standard InChI is InChI=1S/C24H21NO3S/c1-5-16-6-7-17(22(25-16)24(26)27-4)19-13-21-20(12-18(19)14(2)3)23-15(8-10-28-21)9-11-29-23/h5-7,9,11-13H,1-2,8,10H2,3-4H3. The fourth-order valence-electron chi connectivity index (χ4n) is 3.55. The number of carbonyl (C=O) groups is 1. The number of ether oxygens (including phenoxy) is 2. The minimum absolute atomic E-state index is 0.248. The van der Waals surface area contributed by atoms with Gasteiger partial charge in [-0.05, 0) is 65.4 Å². The molecule has 0 radical (unpaired) electrons. The van der Waals surface area contributed by atoms with Crippen LogP contribution >= 0.6 is 11.3 Å². The third-order valence-corrected chi connectivity index (χ3v) is 5.98. The zero-order valence-corrected chi connectivity index (χ0v) is 17.3. The quantitative estimate of drug-likeness (QED) is 0.511. The topological polar surface area (TPSA) is 48.4 Å². The number of benzene rings is 1. The van der Waals surface area contributed by atoms with Gasteiger partial charge in [0, 0.05) is 22.4 Å². The van der Waals surface area contributed by atoms with E-state index in [1.807, 2.05) is 25.1 Å². The van der Waals surface area contributed by atoms with Gasteiger partial charge in [-0.2, -0.15) is 0 Å². The van der Waals surface area contributed by atoms with Crippen molar-refractivity contribution < 1.29 is 14.3 Å². The van der Waals surface area contributed by atoms with Crippen LogP contribution in [0.5, 0.6) is 5.75 Å². The number of thiophene rings is 1. The molecule has 0 amide bonds. The van der Waals surface area contributed by atoms with E-state index in [0.29, 0.717) is 17.9 Å². The number of nitrogens with zero attached hydrogens (tertiary/aromatic N) is 1. The Morgan fingerprint density at radius 3 is 2.79 bits per heavy atom. The average Bonchev–Trinajstić information content (AvgIpc) is 3.13. The second kappa shape index (κ2) is 7.68. The van der Waals surface area contributed by atoms with Gasteiger partial charge in [0.15, 0.2) is 5.69 Å². The number of methoxy groups -OCH3 is 1. The van der Waals surface area contributed by atoms with Crippen LogP contribution in [0.1, 0.15) is 34.2 Å². The van der Waals surface area contributed by atoms with E-state index in [4.69, 9.17) is 9.47 Å². The van der Waals surface area contributed by atoms with Gasteiger partial charge in [0.25, 0.3) is 0 Å². The monoisotopic (exact) mass is 403 g/mol. The van der Waals surface area contributed by atoms with E-state index in [0.717, 1.165) is 34.4 Å². The Balaban J connectivity index is 1.99. The first-order chi connectivity index (χ1) is 14.0. The first-order valence-corrected chi connectivity index (χ1v) is 10.2. The van der Waals surface area contributed by atoms with Gasteiger partial charge in [-0.1, -0.05) is 18.7 Å². The molecular formula is C24H21NO3S. The fraction of sp³-hybridized carbons (Fsp3) is 0.167. The zero-order valence-electron chi connectivity index (χ0n) is 16.5. The second-order valence-corrected chi connectivity index (χ2v) is 7.79. The van der Waals surface area contributed by atoms with Crippen molar-refractivity contribution in [2.45, 2.75) is 13.3 Å². The van der Waals surface area contributed by atoms with E-state index in [-0.39, 0.29) is 5.69 Å². The summed E-state index contributed by atoms with van der Waals surface area (Å²) in [5, 5.41) is 2.11. The number of pyridine rings is 1. The molecule has 4 nitrogen and oxygen atoms in total. The number of fused-ring (bicyclic) bond motifs is 3. The maximum atomic E-state index is 12.5. The Bertz CT molecular complexity index is 1140. The van der Waals surface area contributed by atoms with E-state index in [9.17, 15) is 4.79 Å². The van der Waals surface area contributed by atoms with Gasteiger partial charge in [-0.25, -0.2) is 9.78 Å². The molecular weight excluding hydrogens is 382 g/mol. The molecule has 2 aromatic heterocycles. The molecule has 0 unspecified atom stereocenters. The van der Waals surface area contributed by atoms with Crippen molar-refractivity contribution >= 4 is 29.0 Å². The van der Waals surface area contributed by atoms with Gasteiger partial charge in [-0.3, -0.25) is 0 Å². The summed E-state index contributed by atoms with van der Waals surface area (Å²) >= 11 is 1.71. The van der Waals surface area contributed by atoms with E-state index in [2.05, 4.69) is 35.7 Å². The number of hydrogen-bond acceptors (Lipinski definition) is 5. The van der Waals surface area contributed by atoms with E-state index < -0.39 is 5.97 Å². The molecule has 0 saturated heterocycles. The summed E-state index contributed by atoms with van der Waals surface area (Å²) in [5.41, 5.74) is 6.59. The second-order valence-electron chi connectivity index (χ2n) is 6.88. The van der Waals surface area contributed by atoms with Crippen molar-refractivity contribution in [3.63, 3.8) is 0 Å². The minimum Gasteiger partial charge on any atom is -0.493 e. The van der Waals surface area contributed by atoms with E-state index >= 15 is 0 Å². The van der Waals surface area contributed by atoms with Crippen molar-refractivity contribution in [1.29, 1.82) is 0 Å². The normalized spacial score (nSPS) is 12.2. The van der Waals surface area contributed by atoms with E-state index in [1.165, 1.54) is 17.6 Å². The lowest BCUT2D eigenvalue weighted by molar-refractivity contribution is 0.0595. The van der Waals surface area contributed by atoms with Crippen molar-refractivity contribution in [3.8, 4) is 27.3 Å². The summed E-state index contributed by atoms with van der Waals surface area (Å²) in [6.07, 6.45) is 2.47. The molecule has 5 heteroatoms. The molecule has 146 valence electrons. The van der Waals surface area contributed by atoms with Crippen molar-refractivity contribution in [1.82, 2.24) is 4.98 Å². The summed E-state index contributed by atoms with van der Waals surface area (Å²) < 4.78 is 11.1. The molecule has 0 N–H and O–H groups in total. The molecule has 3 heterocycles. The Labute approximate surface area is 174 Å². The van der Waals surface area contributed by atoms with Crippen LogP contribution in [0, 0.1) is 0 Å². The number of hydrogen-bond donors (Lipinski definition) is 0. The third-order valence-electron chi connectivity index (χ3n) is 4.99. The highest BCUT2D eigenvalue weighted by molar-refractivity contribution is 7.13. The van der Waals surface area contributed by atoms with Crippen LogP contribution in [-0.4, -0.2) is 24.7 Å². The highest BCUT2D eigenvalue weighted by Gasteiger charge is 2.23. The lowest BCUT2D eigenvalue weighted by atomic mass is 9.91. The highest BCUT2D eigenvalue weighted by atomic mass is 32.1. The van der Waals surface area contributed by atoms with Gasteiger partial charge in [0.1, 0.15) is 5.75 Å². The largest absolute Gasteiger partial charge is 0.493 e. The zero-order chi connectivity index (χ0) is 20.5. The van der Waals surface area contributed by atoms with Crippen LogP contribution in [0.3, 0.4) is 0 Å². The lowest BCUT2D eigenvalue weighted by Crippen LogP contribution is -2.08. The van der Waals surface area contributed by atoms with Crippen molar-refractivity contribution in [2.24, 2.45) is 0 Å². The molecule has 1 aliphatic rings. The molecule has 0 aliphatic carbocycles. The van der Waals surface area contributed by atoms with Crippen LogP contribution < -0.4 is 4.74 Å². The summed E-state index contributed by atoms with van der Waals surface area (Å²) in [5.74, 6) is 0.308. The number of esters is 1. The molecule has 4 rings (SSSR count). The molecule has 3 aromatic rings. The molecule has 0 atom stereocenters. The Kier molecular flexibility index (Phi) is 5.07. The van der Waals surface area contributed by atoms with Crippen LogP contribution in [0.25, 0.3) is 33.2 Å². The van der Waals surface area contributed by atoms with Crippen LogP contribution in [0.2, 0.25) is 0 Å². The molecule has 0 saturated carbocycles. The van der Waals surface area contributed by atoms with Gasteiger partial charge >= 0.3 is 5.97 Å². The SMILES string of the molecule is C=Cc1ccc(-c2cc3c(cc2C(=C)C)-c2sccc2CCO3)c(C(=O)OC)n1. The Hall–Kier alpha value is -3.18.